The van der Waals surface area contributed by atoms with Crippen molar-refractivity contribution in [3.05, 3.63) is 33.9 Å². The van der Waals surface area contributed by atoms with Gasteiger partial charge in [0, 0.05) is 24.2 Å². The Kier molecular flexibility index (Phi) is 5.50. The van der Waals surface area contributed by atoms with Gasteiger partial charge in [0.15, 0.2) is 6.10 Å². The first-order valence-electron chi connectivity index (χ1n) is 5.84. The first kappa shape index (κ1) is 15.5. The van der Waals surface area contributed by atoms with Gasteiger partial charge in [-0.15, -0.1) is 6.42 Å². The molecule has 20 heavy (non-hydrogen) atoms. The second-order valence-electron chi connectivity index (χ2n) is 3.94. The third-order valence-electron chi connectivity index (χ3n) is 2.51. The molecule has 106 valence electrons. The van der Waals surface area contributed by atoms with Crippen molar-refractivity contribution in [2.75, 3.05) is 6.54 Å². The zero-order valence-electron chi connectivity index (χ0n) is 11.0. The number of nitro benzene ring substituents is 1. The number of ether oxygens (including phenoxy) is 1. The second-order valence-corrected chi connectivity index (χ2v) is 3.94. The highest BCUT2D eigenvalue weighted by Crippen LogP contribution is 2.24. The largest absolute Gasteiger partial charge is 0.481 e. The smallest absolute Gasteiger partial charge is 0.270 e. The van der Waals surface area contributed by atoms with E-state index in [1.54, 1.807) is 6.92 Å². The summed E-state index contributed by atoms with van der Waals surface area (Å²) in [5.74, 6) is 2.24. The zero-order valence-corrected chi connectivity index (χ0v) is 11.0. The number of rotatable bonds is 6. The fourth-order valence-electron chi connectivity index (χ4n) is 1.48. The van der Waals surface area contributed by atoms with E-state index in [9.17, 15) is 14.9 Å². The van der Waals surface area contributed by atoms with Crippen LogP contribution in [0.1, 0.15) is 12.5 Å². The standard InChI is InChI=1S/C13H15N3O4/c1-3-6-15-13(17)9(2)20-12-5-4-11(16(18)19)7-10(12)8-14/h1,4-5,7,9H,6,8,14H2,2H3,(H,15,17). The van der Waals surface area contributed by atoms with Crippen molar-refractivity contribution in [1.82, 2.24) is 5.32 Å². The van der Waals surface area contributed by atoms with Crippen LogP contribution in [0.3, 0.4) is 0 Å². The molecule has 0 aliphatic heterocycles. The van der Waals surface area contributed by atoms with Crippen LogP contribution in [0.25, 0.3) is 0 Å². The summed E-state index contributed by atoms with van der Waals surface area (Å²) in [4.78, 5) is 21.8. The fraction of sp³-hybridized carbons (Fsp3) is 0.308. The zero-order chi connectivity index (χ0) is 15.1. The van der Waals surface area contributed by atoms with Gasteiger partial charge in [-0.3, -0.25) is 14.9 Å². The van der Waals surface area contributed by atoms with Gasteiger partial charge < -0.3 is 15.8 Å². The van der Waals surface area contributed by atoms with E-state index < -0.39 is 11.0 Å². The van der Waals surface area contributed by atoms with Gasteiger partial charge in [-0.05, 0) is 13.0 Å². The number of non-ortho nitro benzene ring substituents is 1. The number of nitrogens with two attached hydrogens (primary N) is 1. The molecule has 0 aliphatic carbocycles. The Morgan fingerprint density at radius 1 is 1.65 bits per heavy atom. The quantitative estimate of drug-likeness (QED) is 0.449. The number of nitrogens with one attached hydrogen (secondary N) is 1. The van der Waals surface area contributed by atoms with E-state index in [1.807, 2.05) is 0 Å². The molecule has 0 aliphatic rings. The molecule has 0 saturated carbocycles. The molecule has 0 radical (unpaired) electrons. The fourth-order valence-corrected chi connectivity index (χ4v) is 1.48. The highest BCUT2D eigenvalue weighted by Gasteiger charge is 2.17. The van der Waals surface area contributed by atoms with Crippen LogP contribution in [0.15, 0.2) is 18.2 Å². The van der Waals surface area contributed by atoms with Crippen LogP contribution in [0.4, 0.5) is 5.69 Å². The minimum Gasteiger partial charge on any atom is -0.481 e. The number of hydrogen-bond acceptors (Lipinski definition) is 5. The molecular weight excluding hydrogens is 262 g/mol. The lowest BCUT2D eigenvalue weighted by Gasteiger charge is -2.16. The predicted molar refractivity (Wildman–Crippen MR) is 72.9 cm³/mol. The molecule has 0 saturated heterocycles. The third kappa shape index (κ3) is 3.96. The molecule has 7 heteroatoms. The number of terminal acetylenes is 1. The highest BCUT2D eigenvalue weighted by atomic mass is 16.6. The number of amides is 1. The molecule has 0 spiro atoms. The Morgan fingerprint density at radius 3 is 2.90 bits per heavy atom. The summed E-state index contributed by atoms with van der Waals surface area (Å²) in [6.45, 7) is 1.72. The van der Waals surface area contributed by atoms with Crippen molar-refractivity contribution < 1.29 is 14.5 Å². The Hall–Kier alpha value is -2.59. The van der Waals surface area contributed by atoms with Crippen molar-refractivity contribution in [2.45, 2.75) is 19.6 Å². The summed E-state index contributed by atoms with van der Waals surface area (Å²) in [5.41, 5.74) is 5.90. The first-order chi connectivity index (χ1) is 9.49. The van der Waals surface area contributed by atoms with E-state index >= 15 is 0 Å². The van der Waals surface area contributed by atoms with Gasteiger partial charge in [-0.25, -0.2) is 0 Å². The van der Waals surface area contributed by atoms with Crippen molar-refractivity contribution in [3.8, 4) is 18.1 Å². The number of benzene rings is 1. The maximum atomic E-state index is 11.6. The molecule has 0 heterocycles. The molecule has 1 amide bonds. The van der Waals surface area contributed by atoms with E-state index in [0.717, 1.165) is 0 Å². The van der Waals surface area contributed by atoms with Crippen molar-refractivity contribution >= 4 is 11.6 Å². The number of hydrogen-bond donors (Lipinski definition) is 2. The van der Waals surface area contributed by atoms with Gasteiger partial charge in [0.05, 0.1) is 11.5 Å². The van der Waals surface area contributed by atoms with Crippen LogP contribution in [0.5, 0.6) is 5.75 Å². The number of carbonyl (C=O) groups excluding carboxylic acids is 1. The number of nitrogens with zero attached hydrogens (tertiary/aromatic N) is 1. The maximum absolute atomic E-state index is 11.6. The lowest BCUT2D eigenvalue weighted by molar-refractivity contribution is -0.384. The summed E-state index contributed by atoms with van der Waals surface area (Å²) in [5, 5.41) is 13.1. The topological polar surface area (TPSA) is 107 Å². The summed E-state index contributed by atoms with van der Waals surface area (Å²) in [6, 6.07) is 4.03. The summed E-state index contributed by atoms with van der Waals surface area (Å²) in [6.07, 6.45) is 4.25. The third-order valence-corrected chi connectivity index (χ3v) is 2.51. The molecular formula is C13H15N3O4. The second kappa shape index (κ2) is 7.11. The monoisotopic (exact) mass is 277 g/mol. The van der Waals surface area contributed by atoms with Crippen LogP contribution in [0.2, 0.25) is 0 Å². The van der Waals surface area contributed by atoms with Crippen molar-refractivity contribution in [3.63, 3.8) is 0 Å². The molecule has 1 aromatic rings. The molecule has 0 aromatic heterocycles. The SMILES string of the molecule is C#CCNC(=O)C(C)Oc1ccc([N+](=O)[O-])cc1CN. The minimum absolute atomic E-state index is 0.0652. The van der Waals surface area contributed by atoms with E-state index in [-0.39, 0.29) is 24.7 Å². The van der Waals surface area contributed by atoms with Crippen LogP contribution in [-0.2, 0) is 11.3 Å². The van der Waals surface area contributed by atoms with Crippen LogP contribution in [0, 0.1) is 22.5 Å². The van der Waals surface area contributed by atoms with E-state index in [1.165, 1.54) is 18.2 Å². The molecule has 0 fully saturated rings. The Morgan fingerprint density at radius 2 is 2.35 bits per heavy atom. The molecule has 7 nitrogen and oxygen atoms in total. The summed E-state index contributed by atoms with van der Waals surface area (Å²) >= 11 is 0. The number of carbonyl (C=O) groups is 1. The van der Waals surface area contributed by atoms with Gasteiger partial charge >= 0.3 is 0 Å². The van der Waals surface area contributed by atoms with E-state index in [0.29, 0.717) is 11.3 Å². The summed E-state index contributed by atoms with van der Waals surface area (Å²) < 4.78 is 5.45. The molecule has 1 atom stereocenters. The highest BCUT2D eigenvalue weighted by molar-refractivity contribution is 5.81. The first-order valence-corrected chi connectivity index (χ1v) is 5.84. The van der Waals surface area contributed by atoms with Crippen LogP contribution in [-0.4, -0.2) is 23.5 Å². The maximum Gasteiger partial charge on any atom is 0.270 e. The van der Waals surface area contributed by atoms with Gasteiger partial charge in [-0.1, -0.05) is 5.92 Å². The van der Waals surface area contributed by atoms with Crippen molar-refractivity contribution in [2.24, 2.45) is 5.73 Å². The lowest BCUT2D eigenvalue weighted by atomic mass is 10.1. The molecule has 1 aromatic carbocycles. The molecule has 3 N–H and O–H groups in total. The van der Waals surface area contributed by atoms with Gasteiger partial charge in [0.1, 0.15) is 5.75 Å². The van der Waals surface area contributed by atoms with Gasteiger partial charge in [0.2, 0.25) is 0 Å². The van der Waals surface area contributed by atoms with Crippen molar-refractivity contribution in [1.29, 1.82) is 0 Å². The lowest BCUT2D eigenvalue weighted by Crippen LogP contribution is -2.36. The Bertz CT molecular complexity index is 551. The van der Waals surface area contributed by atoms with Crippen LogP contribution < -0.4 is 15.8 Å². The molecule has 1 unspecified atom stereocenters. The average Bonchev–Trinajstić information content (AvgIpc) is 2.44. The Balaban J connectivity index is 2.84. The Labute approximate surface area is 116 Å². The normalized spacial score (nSPS) is 11.2. The summed E-state index contributed by atoms with van der Waals surface area (Å²) in [7, 11) is 0. The molecule has 0 bridgehead atoms. The average molecular weight is 277 g/mol. The van der Waals surface area contributed by atoms with Crippen LogP contribution >= 0.6 is 0 Å². The number of nitro groups is 1. The van der Waals surface area contributed by atoms with Gasteiger partial charge in [0.25, 0.3) is 11.6 Å². The minimum atomic E-state index is -0.782. The van der Waals surface area contributed by atoms with E-state index in [4.69, 9.17) is 16.9 Å². The predicted octanol–water partition coefficient (Wildman–Crippen LogP) is 0.570. The van der Waals surface area contributed by atoms with E-state index in [2.05, 4.69) is 11.2 Å². The molecule has 1 rings (SSSR count). The van der Waals surface area contributed by atoms with Gasteiger partial charge in [-0.2, -0.15) is 0 Å².